The van der Waals surface area contributed by atoms with E-state index in [0.29, 0.717) is 0 Å². The fourth-order valence-corrected chi connectivity index (χ4v) is 1.73. The molecule has 62 valence electrons. The van der Waals surface area contributed by atoms with Crippen LogP contribution in [0.25, 0.3) is 10.7 Å². The van der Waals surface area contributed by atoms with E-state index >= 15 is 0 Å². The van der Waals surface area contributed by atoms with Crippen LogP contribution in [0.3, 0.4) is 0 Å². The molecule has 0 fully saturated rings. The van der Waals surface area contributed by atoms with Gasteiger partial charge in [0.1, 0.15) is 5.01 Å². The van der Waals surface area contributed by atoms with Gasteiger partial charge >= 0.3 is 0 Å². The van der Waals surface area contributed by atoms with Crippen LogP contribution in [0, 0.1) is 6.92 Å². The van der Waals surface area contributed by atoms with Crippen LogP contribution in [0.5, 0.6) is 0 Å². The summed E-state index contributed by atoms with van der Waals surface area (Å²) in [5.41, 5.74) is 1.01. The van der Waals surface area contributed by atoms with E-state index in [9.17, 15) is 0 Å². The highest BCUT2D eigenvalue weighted by Gasteiger charge is 2.06. The van der Waals surface area contributed by atoms with Crippen molar-refractivity contribution in [3.63, 3.8) is 0 Å². The smallest absolute Gasteiger partial charge is 0.165 e. The van der Waals surface area contributed by atoms with E-state index in [1.54, 1.807) is 22.2 Å². The third-order valence-electron chi connectivity index (χ3n) is 1.57. The minimum Gasteiger partial charge on any atom is -0.265 e. The van der Waals surface area contributed by atoms with Gasteiger partial charge < -0.3 is 0 Å². The second-order valence-electron chi connectivity index (χ2n) is 2.47. The van der Waals surface area contributed by atoms with Crippen molar-refractivity contribution in [1.82, 2.24) is 20.0 Å². The molecule has 0 radical (unpaired) electrons. The van der Waals surface area contributed by atoms with E-state index in [2.05, 4.69) is 15.3 Å². The maximum absolute atomic E-state index is 4.06. The average Bonchev–Trinajstić information content (AvgIpc) is 2.58. The number of aromatic nitrogens is 4. The Bertz CT molecular complexity index is 390. The van der Waals surface area contributed by atoms with Gasteiger partial charge in [0.15, 0.2) is 5.01 Å². The van der Waals surface area contributed by atoms with Crippen molar-refractivity contribution in [1.29, 1.82) is 0 Å². The lowest BCUT2D eigenvalue weighted by Gasteiger charge is -1.93. The van der Waals surface area contributed by atoms with Gasteiger partial charge in [0, 0.05) is 13.2 Å². The molecule has 2 aromatic heterocycles. The minimum atomic E-state index is 0.924. The Balaban J connectivity index is 2.50. The third-order valence-corrected chi connectivity index (χ3v) is 2.43. The molecule has 4 nitrogen and oxygen atoms in total. The van der Waals surface area contributed by atoms with Gasteiger partial charge in [-0.15, -0.1) is 10.2 Å². The van der Waals surface area contributed by atoms with Crippen molar-refractivity contribution in [3.8, 4) is 10.7 Å². The van der Waals surface area contributed by atoms with E-state index in [1.165, 1.54) is 0 Å². The van der Waals surface area contributed by atoms with Crippen LogP contribution < -0.4 is 0 Å². The highest BCUT2D eigenvalue weighted by molar-refractivity contribution is 7.14. The number of aryl methyl sites for hydroxylation is 2. The molecule has 0 aliphatic carbocycles. The van der Waals surface area contributed by atoms with E-state index in [-0.39, 0.29) is 0 Å². The van der Waals surface area contributed by atoms with Crippen LogP contribution >= 0.6 is 11.3 Å². The third kappa shape index (κ3) is 1.12. The molecule has 0 saturated heterocycles. The summed E-state index contributed by atoms with van der Waals surface area (Å²) in [5.74, 6) is 0. The Morgan fingerprint density at radius 3 is 2.75 bits per heavy atom. The lowest BCUT2D eigenvalue weighted by Crippen LogP contribution is -1.92. The molecule has 0 aliphatic rings. The molecule has 0 aliphatic heterocycles. The van der Waals surface area contributed by atoms with Crippen molar-refractivity contribution < 1.29 is 0 Å². The van der Waals surface area contributed by atoms with Gasteiger partial charge in [-0.3, -0.25) is 4.68 Å². The molecule has 0 N–H and O–H groups in total. The zero-order valence-corrected chi connectivity index (χ0v) is 7.67. The maximum Gasteiger partial charge on any atom is 0.165 e. The largest absolute Gasteiger partial charge is 0.265 e. The summed E-state index contributed by atoms with van der Waals surface area (Å²) in [6.07, 6.45) is 1.76. The summed E-state index contributed by atoms with van der Waals surface area (Å²) >= 11 is 1.58. The van der Waals surface area contributed by atoms with Crippen LogP contribution in [0.2, 0.25) is 0 Å². The van der Waals surface area contributed by atoms with E-state index in [0.717, 1.165) is 15.7 Å². The second kappa shape index (κ2) is 2.67. The first-order chi connectivity index (χ1) is 5.77. The highest BCUT2D eigenvalue weighted by atomic mass is 32.1. The first-order valence-corrected chi connectivity index (χ1v) is 4.37. The molecule has 0 saturated carbocycles. The van der Waals surface area contributed by atoms with Crippen molar-refractivity contribution in [3.05, 3.63) is 17.3 Å². The molecule has 0 unspecified atom stereocenters. The van der Waals surface area contributed by atoms with Gasteiger partial charge in [-0.2, -0.15) is 5.10 Å². The second-order valence-corrected chi connectivity index (χ2v) is 3.65. The fraction of sp³-hybridized carbons (Fsp3) is 0.286. The summed E-state index contributed by atoms with van der Waals surface area (Å²) in [7, 11) is 1.89. The molecule has 2 heterocycles. The van der Waals surface area contributed by atoms with Crippen molar-refractivity contribution >= 4 is 11.3 Å². The van der Waals surface area contributed by atoms with Gasteiger partial charge in [0.2, 0.25) is 0 Å². The van der Waals surface area contributed by atoms with Gasteiger partial charge in [0.05, 0.1) is 5.69 Å². The fourth-order valence-electron chi connectivity index (χ4n) is 0.984. The Labute approximate surface area is 73.9 Å². The first kappa shape index (κ1) is 7.42. The first-order valence-electron chi connectivity index (χ1n) is 3.56. The lowest BCUT2D eigenvalue weighted by molar-refractivity contribution is 0.773. The normalized spacial score (nSPS) is 10.5. The van der Waals surface area contributed by atoms with Crippen LogP contribution in [-0.2, 0) is 7.05 Å². The van der Waals surface area contributed by atoms with Crippen molar-refractivity contribution in [2.24, 2.45) is 7.05 Å². The van der Waals surface area contributed by atoms with Gasteiger partial charge in [-0.25, -0.2) is 0 Å². The van der Waals surface area contributed by atoms with Crippen LogP contribution in [-0.4, -0.2) is 20.0 Å². The standard InChI is InChI=1S/C7H8N4S/c1-5-9-10-7(12-5)6-3-4-8-11(6)2/h3-4H,1-2H3. The molecule has 0 atom stereocenters. The number of rotatable bonds is 1. The Morgan fingerprint density at radius 2 is 2.25 bits per heavy atom. The van der Waals surface area contributed by atoms with Crippen molar-refractivity contribution in [2.75, 3.05) is 0 Å². The highest BCUT2D eigenvalue weighted by Crippen LogP contribution is 2.21. The molecule has 0 aromatic carbocycles. The van der Waals surface area contributed by atoms with Gasteiger partial charge in [0.25, 0.3) is 0 Å². The molecular weight excluding hydrogens is 172 g/mol. The molecule has 0 spiro atoms. The predicted molar refractivity (Wildman–Crippen MR) is 46.8 cm³/mol. The van der Waals surface area contributed by atoms with E-state index in [1.807, 2.05) is 20.0 Å². The van der Waals surface area contributed by atoms with Crippen LogP contribution in [0.1, 0.15) is 5.01 Å². The molecular formula is C7H8N4S. The maximum atomic E-state index is 4.06. The van der Waals surface area contributed by atoms with Gasteiger partial charge in [-0.05, 0) is 13.0 Å². The molecule has 12 heavy (non-hydrogen) atoms. The molecule has 2 rings (SSSR count). The summed E-state index contributed by atoms with van der Waals surface area (Å²) in [4.78, 5) is 0. The lowest BCUT2D eigenvalue weighted by atomic mass is 10.4. The van der Waals surface area contributed by atoms with Gasteiger partial charge in [-0.1, -0.05) is 11.3 Å². The van der Waals surface area contributed by atoms with Crippen molar-refractivity contribution in [2.45, 2.75) is 6.92 Å². The number of nitrogens with zero attached hydrogens (tertiary/aromatic N) is 4. The Hall–Kier alpha value is -1.23. The zero-order valence-electron chi connectivity index (χ0n) is 6.85. The Kier molecular flexibility index (Phi) is 1.65. The predicted octanol–water partition coefficient (Wildman–Crippen LogP) is 1.25. The number of hydrogen-bond acceptors (Lipinski definition) is 4. The summed E-state index contributed by atoms with van der Waals surface area (Å²) in [6, 6.07) is 1.93. The van der Waals surface area contributed by atoms with E-state index in [4.69, 9.17) is 0 Å². The summed E-state index contributed by atoms with van der Waals surface area (Å²) < 4.78 is 1.79. The SMILES string of the molecule is Cc1nnc(-c2ccnn2C)s1. The summed E-state index contributed by atoms with van der Waals surface area (Å²) in [6.45, 7) is 1.94. The quantitative estimate of drug-likeness (QED) is 0.663. The van der Waals surface area contributed by atoms with E-state index < -0.39 is 0 Å². The Morgan fingerprint density at radius 1 is 1.42 bits per heavy atom. The molecule has 5 heteroatoms. The molecule has 0 bridgehead atoms. The summed E-state index contributed by atoms with van der Waals surface area (Å²) in [5, 5.41) is 13.9. The van der Waals surface area contributed by atoms with Crippen LogP contribution in [0.15, 0.2) is 12.3 Å². The van der Waals surface area contributed by atoms with Crippen LogP contribution in [0.4, 0.5) is 0 Å². The topological polar surface area (TPSA) is 43.6 Å². The number of hydrogen-bond donors (Lipinski definition) is 0. The molecule has 2 aromatic rings. The zero-order chi connectivity index (χ0) is 8.55. The average molecular weight is 180 g/mol. The monoisotopic (exact) mass is 180 g/mol. The molecule has 0 amide bonds. The minimum absolute atomic E-state index is 0.924.